The summed E-state index contributed by atoms with van der Waals surface area (Å²) in [6, 6.07) is 68.2. The average molecular weight is 758 g/mol. The highest BCUT2D eigenvalue weighted by Crippen LogP contribution is 2.46. The van der Waals surface area contributed by atoms with Crippen molar-refractivity contribution >= 4 is 33.0 Å². The summed E-state index contributed by atoms with van der Waals surface area (Å²) in [5.41, 5.74) is 15.0. The van der Waals surface area contributed by atoms with Crippen molar-refractivity contribution in [3.63, 3.8) is 0 Å². The first kappa shape index (κ1) is 34.2. The van der Waals surface area contributed by atoms with Crippen LogP contribution in [0.3, 0.4) is 0 Å². The Morgan fingerprint density at radius 1 is 0.458 bits per heavy atom. The number of nitrogens with zero attached hydrogens (tertiary/aromatic N) is 3. The third-order valence-corrected chi connectivity index (χ3v) is 11.2. The molecular weight excluding hydrogens is 723 g/mol. The lowest BCUT2D eigenvalue weighted by molar-refractivity contribution is 0.477. The summed E-state index contributed by atoms with van der Waals surface area (Å²) in [7, 11) is 0. The maximum Gasteiger partial charge on any atom is 0.149 e. The van der Waals surface area contributed by atoms with E-state index in [1.807, 2.05) is 48.7 Å². The highest BCUT2D eigenvalue weighted by molar-refractivity contribution is 6.18. The Morgan fingerprint density at radius 3 is 1.85 bits per heavy atom. The molecule has 0 amide bonds. The van der Waals surface area contributed by atoms with Gasteiger partial charge < -0.3 is 9.52 Å². The monoisotopic (exact) mass is 757 g/mol. The molecular formula is C54H35N3O2. The maximum absolute atomic E-state index is 11.4. The van der Waals surface area contributed by atoms with Crippen LogP contribution in [0.5, 0.6) is 5.75 Å². The minimum absolute atomic E-state index is 0.158. The Morgan fingerprint density at radius 2 is 1.08 bits per heavy atom. The number of hydrogen-bond acceptors (Lipinski definition) is 4. The van der Waals surface area contributed by atoms with E-state index in [1.54, 1.807) is 6.07 Å². The third kappa shape index (κ3) is 5.87. The first-order valence-corrected chi connectivity index (χ1v) is 19.7. The zero-order valence-corrected chi connectivity index (χ0v) is 31.8. The molecule has 0 fully saturated rings. The summed E-state index contributed by atoms with van der Waals surface area (Å²) < 4.78 is 9.13. The molecule has 3 heterocycles. The Hall–Kier alpha value is -8.02. The van der Waals surface area contributed by atoms with Gasteiger partial charge in [0.15, 0.2) is 0 Å². The van der Waals surface area contributed by atoms with Gasteiger partial charge in [0.2, 0.25) is 0 Å². The molecule has 8 aromatic carbocycles. The van der Waals surface area contributed by atoms with Crippen molar-refractivity contribution in [2.75, 3.05) is 0 Å². The number of pyridine rings is 1. The molecule has 0 aliphatic carbocycles. The molecule has 0 aliphatic rings. The lowest BCUT2D eigenvalue weighted by Gasteiger charge is -2.15. The smallest absolute Gasteiger partial charge is 0.149 e. The minimum Gasteiger partial charge on any atom is -0.507 e. The molecule has 0 radical (unpaired) electrons. The molecule has 0 aliphatic heterocycles. The molecule has 278 valence electrons. The van der Waals surface area contributed by atoms with Crippen LogP contribution in [0.2, 0.25) is 0 Å². The van der Waals surface area contributed by atoms with Crippen molar-refractivity contribution in [1.29, 1.82) is 0 Å². The number of aromatic nitrogens is 3. The number of rotatable bonds is 7. The van der Waals surface area contributed by atoms with E-state index in [9.17, 15) is 5.11 Å². The average Bonchev–Trinajstić information content (AvgIpc) is 3.89. The molecule has 0 unspecified atom stereocenters. The van der Waals surface area contributed by atoms with Gasteiger partial charge in [-0.25, -0.2) is 4.98 Å². The van der Waals surface area contributed by atoms with Gasteiger partial charge in [0.05, 0.1) is 28.0 Å². The van der Waals surface area contributed by atoms with Crippen molar-refractivity contribution < 1.29 is 9.52 Å². The SMILES string of the molecule is Oc1ccccc1-c1nc2c(-c3cc(-c4cc(-c5ccccc5)ccn4)cc4oc5c(-c6ccccc6)cccc5c34)cccc2n1-c1ccccc1-c1ccccc1. The topological polar surface area (TPSA) is 64.1 Å². The Kier molecular flexibility index (Phi) is 8.23. The first-order chi connectivity index (χ1) is 29.2. The molecule has 5 heteroatoms. The van der Waals surface area contributed by atoms with Gasteiger partial charge >= 0.3 is 0 Å². The zero-order chi connectivity index (χ0) is 39.3. The summed E-state index contributed by atoms with van der Waals surface area (Å²) in [4.78, 5) is 10.4. The summed E-state index contributed by atoms with van der Waals surface area (Å²) in [5, 5.41) is 13.4. The largest absolute Gasteiger partial charge is 0.507 e. The van der Waals surface area contributed by atoms with Crippen molar-refractivity contribution in [1.82, 2.24) is 14.5 Å². The Labute approximate surface area is 340 Å². The summed E-state index contributed by atoms with van der Waals surface area (Å²) in [6.07, 6.45) is 1.87. The van der Waals surface area contributed by atoms with E-state index < -0.39 is 0 Å². The maximum atomic E-state index is 11.4. The van der Waals surface area contributed by atoms with E-state index >= 15 is 0 Å². The fourth-order valence-corrected chi connectivity index (χ4v) is 8.47. The van der Waals surface area contributed by atoms with Gasteiger partial charge in [-0.15, -0.1) is 0 Å². The summed E-state index contributed by atoms with van der Waals surface area (Å²) in [5.74, 6) is 0.799. The highest BCUT2D eigenvalue weighted by Gasteiger charge is 2.24. The van der Waals surface area contributed by atoms with Crippen LogP contribution in [0, 0.1) is 0 Å². The number of imidazole rings is 1. The molecule has 1 N–H and O–H groups in total. The number of aromatic hydroxyl groups is 1. The molecule has 11 rings (SSSR count). The second-order valence-corrected chi connectivity index (χ2v) is 14.7. The van der Waals surface area contributed by atoms with Crippen molar-refractivity contribution in [2.24, 2.45) is 0 Å². The van der Waals surface area contributed by atoms with Gasteiger partial charge in [-0.05, 0) is 76.3 Å². The quantitative estimate of drug-likeness (QED) is 0.176. The predicted octanol–water partition coefficient (Wildman–Crippen LogP) is 14.0. The Balaban J connectivity index is 1.22. The number of fused-ring (bicyclic) bond motifs is 4. The number of phenols is 1. The molecule has 0 spiro atoms. The summed E-state index contributed by atoms with van der Waals surface area (Å²) in [6.45, 7) is 0. The third-order valence-electron chi connectivity index (χ3n) is 11.2. The molecule has 0 bridgehead atoms. The number of benzene rings is 8. The van der Waals surface area contributed by atoms with E-state index in [1.165, 1.54) is 0 Å². The second kappa shape index (κ2) is 14.2. The molecule has 59 heavy (non-hydrogen) atoms. The normalized spacial score (nSPS) is 11.5. The number of hydrogen-bond donors (Lipinski definition) is 1. The van der Waals surface area contributed by atoms with Gasteiger partial charge in [-0.1, -0.05) is 152 Å². The fourth-order valence-electron chi connectivity index (χ4n) is 8.47. The van der Waals surface area contributed by atoms with E-state index in [2.05, 4.69) is 156 Å². The van der Waals surface area contributed by atoms with Gasteiger partial charge in [0, 0.05) is 39.2 Å². The predicted molar refractivity (Wildman–Crippen MR) is 240 cm³/mol. The van der Waals surface area contributed by atoms with Crippen molar-refractivity contribution in [2.45, 2.75) is 0 Å². The van der Waals surface area contributed by atoms with Gasteiger partial charge in [-0.2, -0.15) is 0 Å². The standard InChI is InChI=1S/C54H35N3O2/c58-49-29-13-11-23-43(49)54-56-52-42(25-15-28-48(52)57(54)47-27-12-10-22-40(47)36-18-6-2-7-19-36)45-32-39(46-33-38(30-31-55-46)35-16-4-1-5-17-35)34-50-51(45)44-26-14-24-41(53(44)59-50)37-20-8-3-9-21-37/h1-34,58H. The summed E-state index contributed by atoms with van der Waals surface area (Å²) >= 11 is 0. The van der Waals surface area contributed by atoms with Crippen LogP contribution in [0.25, 0.3) is 106 Å². The van der Waals surface area contributed by atoms with Crippen LogP contribution in [0.1, 0.15) is 0 Å². The van der Waals surface area contributed by atoms with Crippen LogP contribution in [0.15, 0.2) is 211 Å². The van der Waals surface area contributed by atoms with Crippen LogP contribution < -0.4 is 0 Å². The molecule has 11 aromatic rings. The second-order valence-electron chi connectivity index (χ2n) is 14.7. The molecule has 0 atom stereocenters. The van der Waals surface area contributed by atoms with E-state index in [-0.39, 0.29) is 5.75 Å². The first-order valence-electron chi connectivity index (χ1n) is 19.7. The zero-order valence-electron chi connectivity index (χ0n) is 31.8. The van der Waals surface area contributed by atoms with Gasteiger partial charge in [0.1, 0.15) is 22.7 Å². The van der Waals surface area contributed by atoms with E-state index in [0.29, 0.717) is 11.4 Å². The van der Waals surface area contributed by atoms with E-state index in [4.69, 9.17) is 14.4 Å². The highest BCUT2D eigenvalue weighted by atomic mass is 16.3. The van der Waals surface area contributed by atoms with Gasteiger partial charge in [0.25, 0.3) is 0 Å². The lowest BCUT2D eigenvalue weighted by atomic mass is 9.93. The van der Waals surface area contributed by atoms with Crippen LogP contribution in [-0.4, -0.2) is 19.6 Å². The molecule has 0 saturated carbocycles. The molecule has 5 nitrogen and oxygen atoms in total. The fraction of sp³-hybridized carbons (Fsp3) is 0. The number of phenolic OH excluding ortho intramolecular Hbond substituents is 1. The van der Waals surface area contributed by atoms with Crippen molar-refractivity contribution in [3.05, 3.63) is 206 Å². The van der Waals surface area contributed by atoms with Crippen LogP contribution in [-0.2, 0) is 0 Å². The molecule has 3 aromatic heterocycles. The van der Waals surface area contributed by atoms with Crippen LogP contribution in [0.4, 0.5) is 0 Å². The number of para-hydroxylation sites is 4. The molecule has 0 saturated heterocycles. The van der Waals surface area contributed by atoms with Crippen molar-refractivity contribution in [3.8, 4) is 78.6 Å². The Bertz CT molecular complexity index is 3330. The van der Waals surface area contributed by atoms with Crippen LogP contribution >= 0.6 is 0 Å². The number of furan rings is 1. The van der Waals surface area contributed by atoms with E-state index in [0.717, 1.165) is 94.4 Å². The lowest BCUT2D eigenvalue weighted by Crippen LogP contribution is -2.00. The van der Waals surface area contributed by atoms with Gasteiger partial charge in [-0.3, -0.25) is 9.55 Å². The minimum atomic E-state index is 0.158.